The summed E-state index contributed by atoms with van der Waals surface area (Å²) in [6, 6.07) is 5.31. The van der Waals surface area contributed by atoms with Gasteiger partial charge >= 0.3 is 0 Å². The summed E-state index contributed by atoms with van der Waals surface area (Å²) in [5.74, 6) is 0.163. The minimum Gasteiger partial charge on any atom is -0.350 e. The van der Waals surface area contributed by atoms with Gasteiger partial charge in [-0.2, -0.15) is 5.26 Å². The van der Waals surface area contributed by atoms with Crippen molar-refractivity contribution >= 4 is 22.4 Å². The number of amides is 1. The zero-order chi connectivity index (χ0) is 16.7. The van der Waals surface area contributed by atoms with Gasteiger partial charge in [0, 0.05) is 23.3 Å². The lowest BCUT2D eigenvalue weighted by Crippen LogP contribution is -2.40. The average Bonchev–Trinajstić information content (AvgIpc) is 3.01. The summed E-state index contributed by atoms with van der Waals surface area (Å²) in [5.41, 5.74) is 1.76. The van der Waals surface area contributed by atoms with Gasteiger partial charge in [0.2, 0.25) is 5.91 Å². The number of nitriles is 1. The number of aromatic nitrogens is 2. The second-order valence-electron chi connectivity index (χ2n) is 5.48. The highest BCUT2D eigenvalue weighted by atomic mass is 32.1. The molecule has 0 saturated heterocycles. The first kappa shape index (κ1) is 16.9. The molecule has 0 spiro atoms. The van der Waals surface area contributed by atoms with Crippen LogP contribution in [0.2, 0.25) is 0 Å². The monoisotopic (exact) mass is 329 g/mol. The highest BCUT2D eigenvalue weighted by Gasteiger charge is 2.20. The molecule has 2 aromatic rings. The van der Waals surface area contributed by atoms with E-state index in [0.717, 1.165) is 11.3 Å². The molecule has 23 heavy (non-hydrogen) atoms. The van der Waals surface area contributed by atoms with E-state index in [0.29, 0.717) is 17.5 Å². The topological polar surface area (TPSA) is 90.7 Å². The molecule has 2 heterocycles. The molecular formula is C16H19N5OS. The van der Waals surface area contributed by atoms with E-state index in [2.05, 4.69) is 34.4 Å². The highest BCUT2D eigenvalue weighted by molar-refractivity contribution is 7.14. The molecule has 2 aromatic heterocycles. The van der Waals surface area contributed by atoms with Crippen LogP contribution in [-0.4, -0.2) is 28.5 Å². The summed E-state index contributed by atoms with van der Waals surface area (Å²) in [6.45, 7) is 4.11. The number of nitrogens with one attached hydrogen (secondary N) is 2. The van der Waals surface area contributed by atoms with Crippen LogP contribution in [0.5, 0.6) is 0 Å². The molecule has 0 aliphatic rings. The number of pyridine rings is 1. The first-order valence-corrected chi connectivity index (χ1v) is 8.25. The average molecular weight is 329 g/mol. The first-order valence-electron chi connectivity index (χ1n) is 7.37. The predicted octanol–water partition coefficient (Wildman–Crippen LogP) is 2.67. The van der Waals surface area contributed by atoms with E-state index in [-0.39, 0.29) is 12.5 Å². The molecular weight excluding hydrogens is 310 g/mol. The molecule has 0 aliphatic carbocycles. The number of anilines is 1. The molecule has 0 bridgehead atoms. The maximum Gasteiger partial charge on any atom is 0.243 e. The van der Waals surface area contributed by atoms with Gasteiger partial charge in [0.1, 0.15) is 12.6 Å². The molecule has 1 atom stereocenters. The van der Waals surface area contributed by atoms with Gasteiger partial charge in [-0.1, -0.05) is 13.8 Å². The van der Waals surface area contributed by atoms with Crippen LogP contribution in [0.4, 0.5) is 5.13 Å². The normalized spacial score (nSPS) is 11.7. The van der Waals surface area contributed by atoms with Gasteiger partial charge in [0.25, 0.3) is 0 Å². The van der Waals surface area contributed by atoms with Crippen molar-refractivity contribution in [1.29, 1.82) is 5.26 Å². The third kappa shape index (κ3) is 5.04. The zero-order valence-electron chi connectivity index (χ0n) is 13.1. The minimum atomic E-state index is -0.406. The first-order chi connectivity index (χ1) is 11.1. The Labute approximate surface area is 139 Å². The fourth-order valence-corrected chi connectivity index (χ4v) is 2.86. The molecule has 0 radical (unpaired) electrons. The molecule has 1 amide bonds. The SMILES string of the molecule is CC(C)CC(Nc1nc(-c2cccnc2)cs1)C(=O)NCC#N. The lowest BCUT2D eigenvalue weighted by Gasteiger charge is -2.18. The van der Waals surface area contributed by atoms with E-state index in [9.17, 15) is 4.79 Å². The Bertz CT molecular complexity index is 677. The molecule has 7 heteroatoms. The van der Waals surface area contributed by atoms with Gasteiger partial charge in [-0.3, -0.25) is 9.78 Å². The molecule has 6 nitrogen and oxygen atoms in total. The van der Waals surface area contributed by atoms with Crippen LogP contribution >= 0.6 is 11.3 Å². The van der Waals surface area contributed by atoms with Crippen LogP contribution < -0.4 is 10.6 Å². The Morgan fingerprint density at radius 2 is 2.30 bits per heavy atom. The van der Waals surface area contributed by atoms with Crippen molar-refractivity contribution in [3.05, 3.63) is 29.9 Å². The number of carbonyl (C=O) groups excluding carboxylic acids is 1. The maximum atomic E-state index is 12.2. The molecule has 0 saturated carbocycles. The van der Waals surface area contributed by atoms with Crippen molar-refractivity contribution in [3.8, 4) is 17.3 Å². The number of rotatable bonds is 7. The lowest BCUT2D eigenvalue weighted by molar-refractivity contribution is -0.121. The van der Waals surface area contributed by atoms with Crippen LogP contribution in [0.25, 0.3) is 11.3 Å². The van der Waals surface area contributed by atoms with E-state index in [1.54, 1.807) is 12.4 Å². The van der Waals surface area contributed by atoms with Crippen molar-refractivity contribution < 1.29 is 4.79 Å². The number of thiazole rings is 1. The molecule has 2 rings (SSSR count). The van der Waals surface area contributed by atoms with Gasteiger partial charge in [0.15, 0.2) is 5.13 Å². The van der Waals surface area contributed by atoms with Gasteiger partial charge in [-0.25, -0.2) is 4.98 Å². The van der Waals surface area contributed by atoms with Gasteiger partial charge in [-0.05, 0) is 24.5 Å². The lowest BCUT2D eigenvalue weighted by atomic mass is 10.0. The smallest absolute Gasteiger partial charge is 0.243 e. The van der Waals surface area contributed by atoms with Crippen molar-refractivity contribution in [2.24, 2.45) is 5.92 Å². The summed E-state index contributed by atoms with van der Waals surface area (Å²) in [5, 5.41) is 17.0. The maximum absolute atomic E-state index is 12.2. The zero-order valence-corrected chi connectivity index (χ0v) is 13.9. The van der Waals surface area contributed by atoms with Gasteiger partial charge < -0.3 is 10.6 Å². The number of hydrogen-bond acceptors (Lipinski definition) is 6. The van der Waals surface area contributed by atoms with Crippen LogP contribution in [-0.2, 0) is 4.79 Å². The third-order valence-electron chi connectivity index (χ3n) is 3.12. The van der Waals surface area contributed by atoms with Gasteiger partial charge in [0.05, 0.1) is 11.8 Å². The van der Waals surface area contributed by atoms with E-state index < -0.39 is 6.04 Å². The van der Waals surface area contributed by atoms with E-state index in [1.165, 1.54) is 11.3 Å². The van der Waals surface area contributed by atoms with Gasteiger partial charge in [-0.15, -0.1) is 11.3 Å². The summed E-state index contributed by atoms with van der Waals surface area (Å²) < 4.78 is 0. The number of hydrogen-bond donors (Lipinski definition) is 2. The Hall–Kier alpha value is -2.46. The Balaban J connectivity index is 2.09. The summed E-state index contributed by atoms with van der Waals surface area (Å²) in [7, 11) is 0. The van der Waals surface area contributed by atoms with Crippen LogP contribution in [0.3, 0.4) is 0 Å². The summed E-state index contributed by atoms with van der Waals surface area (Å²) >= 11 is 1.45. The van der Waals surface area contributed by atoms with Crippen LogP contribution in [0, 0.1) is 17.2 Å². The van der Waals surface area contributed by atoms with Crippen LogP contribution in [0.1, 0.15) is 20.3 Å². The standard InChI is InChI=1S/C16H19N5OS/c1-11(2)8-13(15(22)19-7-5-17)20-16-21-14(10-23-16)12-4-3-6-18-9-12/h3-4,6,9-11,13H,7-8H2,1-2H3,(H,19,22)(H,20,21). The fourth-order valence-electron chi connectivity index (χ4n) is 2.09. The van der Waals surface area contributed by atoms with Crippen molar-refractivity contribution in [2.45, 2.75) is 26.3 Å². The number of carbonyl (C=O) groups is 1. The molecule has 0 fully saturated rings. The minimum absolute atomic E-state index is 0.00785. The quantitative estimate of drug-likeness (QED) is 0.762. The molecule has 2 N–H and O–H groups in total. The summed E-state index contributed by atoms with van der Waals surface area (Å²) in [6.07, 6.45) is 4.14. The fraction of sp³-hybridized carbons (Fsp3) is 0.375. The molecule has 0 aromatic carbocycles. The Morgan fingerprint density at radius 1 is 1.48 bits per heavy atom. The predicted molar refractivity (Wildman–Crippen MR) is 90.8 cm³/mol. The van der Waals surface area contributed by atoms with Crippen LogP contribution in [0.15, 0.2) is 29.9 Å². The second-order valence-corrected chi connectivity index (χ2v) is 6.34. The molecule has 0 aliphatic heterocycles. The highest BCUT2D eigenvalue weighted by Crippen LogP contribution is 2.25. The van der Waals surface area contributed by atoms with E-state index in [1.807, 2.05) is 23.6 Å². The Kier molecular flexibility index (Phi) is 6.06. The third-order valence-corrected chi connectivity index (χ3v) is 3.90. The second kappa shape index (κ2) is 8.25. The van der Waals surface area contributed by atoms with Crippen molar-refractivity contribution in [2.75, 3.05) is 11.9 Å². The molecule has 1 unspecified atom stereocenters. The van der Waals surface area contributed by atoms with Crippen molar-refractivity contribution in [3.63, 3.8) is 0 Å². The van der Waals surface area contributed by atoms with Crippen molar-refractivity contribution in [1.82, 2.24) is 15.3 Å². The summed E-state index contributed by atoms with van der Waals surface area (Å²) in [4.78, 5) is 20.8. The largest absolute Gasteiger partial charge is 0.350 e. The molecule has 120 valence electrons. The Morgan fingerprint density at radius 3 is 2.96 bits per heavy atom. The van der Waals surface area contributed by atoms with E-state index in [4.69, 9.17) is 5.26 Å². The van der Waals surface area contributed by atoms with E-state index >= 15 is 0 Å². The number of nitrogens with zero attached hydrogens (tertiary/aromatic N) is 3.